The second-order valence-electron chi connectivity index (χ2n) is 4.02. The van der Waals surface area contributed by atoms with Crippen LogP contribution in [0, 0.1) is 0 Å². The van der Waals surface area contributed by atoms with E-state index in [9.17, 15) is 14.4 Å². The number of hydrogen-bond donors (Lipinski definition) is 3. The van der Waals surface area contributed by atoms with Crippen LogP contribution in [0.1, 0.15) is 22.8 Å². The maximum Gasteiger partial charge on any atom is 0.335 e. The topological polar surface area (TPSA) is 95.5 Å². The van der Waals surface area contributed by atoms with Crippen LogP contribution < -0.4 is 10.6 Å². The Morgan fingerprint density at radius 1 is 1.16 bits per heavy atom. The molecule has 0 fully saturated rings. The summed E-state index contributed by atoms with van der Waals surface area (Å²) in [6, 6.07) is 6.24. The number of carbonyl (C=O) groups is 3. The first-order valence-electron chi connectivity index (χ1n) is 5.82. The largest absolute Gasteiger partial charge is 0.478 e. The number of nitrogens with one attached hydrogen (secondary N) is 2. The summed E-state index contributed by atoms with van der Waals surface area (Å²) in [6.45, 7) is 2.12. The minimum absolute atomic E-state index is 0.112. The molecule has 6 heteroatoms. The van der Waals surface area contributed by atoms with Crippen molar-refractivity contribution in [1.29, 1.82) is 0 Å². The van der Waals surface area contributed by atoms with Crippen molar-refractivity contribution in [3.63, 3.8) is 0 Å². The zero-order valence-corrected chi connectivity index (χ0v) is 10.6. The summed E-state index contributed by atoms with van der Waals surface area (Å²) in [5, 5.41) is 14.0. The number of hydrogen-bond acceptors (Lipinski definition) is 3. The van der Waals surface area contributed by atoms with Gasteiger partial charge in [-0.05, 0) is 17.7 Å². The Kier molecular flexibility index (Phi) is 5.53. The van der Waals surface area contributed by atoms with Gasteiger partial charge in [0, 0.05) is 20.0 Å². The summed E-state index contributed by atoms with van der Waals surface area (Å²) in [4.78, 5) is 32.9. The van der Waals surface area contributed by atoms with E-state index in [2.05, 4.69) is 10.6 Å². The first kappa shape index (κ1) is 14.7. The van der Waals surface area contributed by atoms with Gasteiger partial charge in [0.2, 0.25) is 11.8 Å². The third-order valence-corrected chi connectivity index (χ3v) is 2.36. The monoisotopic (exact) mass is 264 g/mol. The SMILES string of the molecule is CC(=O)NCCNC(=O)Cc1cccc(C(=O)O)c1. The van der Waals surface area contributed by atoms with E-state index in [0.29, 0.717) is 18.7 Å². The highest BCUT2D eigenvalue weighted by Crippen LogP contribution is 2.06. The molecule has 19 heavy (non-hydrogen) atoms. The van der Waals surface area contributed by atoms with Crippen molar-refractivity contribution in [2.24, 2.45) is 0 Å². The highest BCUT2D eigenvalue weighted by atomic mass is 16.4. The highest BCUT2D eigenvalue weighted by Gasteiger charge is 2.06. The van der Waals surface area contributed by atoms with Gasteiger partial charge < -0.3 is 15.7 Å². The standard InChI is InChI=1S/C13H16N2O4/c1-9(16)14-5-6-15-12(17)8-10-3-2-4-11(7-10)13(18)19/h2-4,7H,5-6,8H2,1H3,(H,14,16)(H,15,17)(H,18,19). The van der Waals surface area contributed by atoms with E-state index >= 15 is 0 Å². The Labute approximate surface area is 110 Å². The van der Waals surface area contributed by atoms with Crippen LogP contribution in [0.3, 0.4) is 0 Å². The number of aromatic carboxylic acids is 1. The highest BCUT2D eigenvalue weighted by molar-refractivity contribution is 5.88. The summed E-state index contributed by atoms with van der Waals surface area (Å²) in [6.07, 6.45) is 0.112. The fourth-order valence-electron chi connectivity index (χ4n) is 1.50. The molecule has 1 aromatic carbocycles. The fourth-order valence-corrected chi connectivity index (χ4v) is 1.50. The van der Waals surface area contributed by atoms with Crippen molar-refractivity contribution < 1.29 is 19.5 Å². The van der Waals surface area contributed by atoms with Gasteiger partial charge in [0.1, 0.15) is 0 Å². The Morgan fingerprint density at radius 3 is 2.47 bits per heavy atom. The van der Waals surface area contributed by atoms with Gasteiger partial charge in [-0.25, -0.2) is 4.79 Å². The maximum absolute atomic E-state index is 11.6. The van der Waals surface area contributed by atoms with Gasteiger partial charge in [0.25, 0.3) is 0 Å². The Hall–Kier alpha value is -2.37. The van der Waals surface area contributed by atoms with Crippen molar-refractivity contribution in [1.82, 2.24) is 10.6 Å². The first-order valence-corrected chi connectivity index (χ1v) is 5.82. The van der Waals surface area contributed by atoms with E-state index in [4.69, 9.17) is 5.11 Å². The van der Waals surface area contributed by atoms with Crippen LogP contribution in [0.4, 0.5) is 0 Å². The van der Waals surface area contributed by atoms with Crippen molar-refractivity contribution in [3.8, 4) is 0 Å². The van der Waals surface area contributed by atoms with Crippen molar-refractivity contribution >= 4 is 17.8 Å². The van der Waals surface area contributed by atoms with E-state index in [1.54, 1.807) is 12.1 Å². The lowest BCUT2D eigenvalue weighted by molar-refractivity contribution is -0.121. The van der Waals surface area contributed by atoms with Crippen LogP contribution in [0.5, 0.6) is 0 Å². The van der Waals surface area contributed by atoms with Crippen molar-refractivity contribution in [3.05, 3.63) is 35.4 Å². The fraction of sp³-hybridized carbons (Fsp3) is 0.308. The van der Waals surface area contributed by atoms with Gasteiger partial charge >= 0.3 is 5.97 Å². The molecule has 0 aromatic heterocycles. The van der Waals surface area contributed by atoms with Crippen LogP contribution in [0.25, 0.3) is 0 Å². The number of carboxylic acids is 1. The van der Waals surface area contributed by atoms with Crippen LogP contribution in [-0.2, 0) is 16.0 Å². The van der Waals surface area contributed by atoms with Gasteiger partial charge in [-0.2, -0.15) is 0 Å². The molecule has 0 aliphatic rings. The molecule has 0 heterocycles. The van der Waals surface area contributed by atoms with E-state index in [1.165, 1.54) is 19.1 Å². The minimum Gasteiger partial charge on any atom is -0.478 e. The second-order valence-corrected chi connectivity index (χ2v) is 4.02. The van der Waals surface area contributed by atoms with E-state index in [0.717, 1.165) is 0 Å². The molecule has 0 saturated carbocycles. The quantitative estimate of drug-likeness (QED) is 0.639. The van der Waals surface area contributed by atoms with Gasteiger partial charge in [-0.15, -0.1) is 0 Å². The molecule has 0 spiro atoms. The predicted molar refractivity (Wildman–Crippen MR) is 68.8 cm³/mol. The van der Waals surface area contributed by atoms with Crippen LogP contribution in [0.2, 0.25) is 0 Å². The number of benzene rings is 1. The molecule has 102 valence electrons. The Bertz CT molecular complexity index is 485. The zero-order valence-electron chi connectivity index (χ0n) is 10.6. The maximum atomic E-state index is 11.6. The minimum atomic E-state index is -1.02. The molecule has 0 atom stereocenters. The van der Waals surface area contributed by atoms with Gasteiger partial charge in [-0.3, -0.25) is 9.59 Å². The van der Waals surface area contributed by atoms with Crippen LogP contribution >= 0.6 is 0 Å². The molecule has 0 unspecified atom stereocenters. The lowest BCUT2D eigenvalue weighted by Crippen LogP contribution is -2.34. The van der Waals surface area contributed by atoms with Crippen LogP contribution in [-0.4, -0.2) is 36.0 Å². The van der Waals surface area contributed by atoms with Crippen molar-refractivity contribution in [2.75, 3.05) is 13.1 Å². The average Bonchev–Trinajstić information content (AvgIpc) is 2.34. The third kappa shape index (κ3) is 5.67. The molecular weight excluding hydrogens is 248 g/mol. The normalized spacial score (nSPS) is 9.74. The molecule has 6 nitrogen and oxygen atoms in total. The average molecular weight is 264 g/mol. The summed E-state index contributed by atoms with van der Waals surface area (Å²) in [5.74, 6) is -1.38. The van der Waals surface area contributed by atoms with Gasteiger partial charge in [-0.1, -0.05) is 12.1 Å². The number of amides is 2. The summed E-state index contributed by atoms with van der Waals surface area (Å²) in [7, 11) is 0. The number of carboxylic acid groups (broad SMARTS) is 1. The van der Waals surface area contributed by atoms with Gasteiger partial charge in [0.05, 0.1) is 12.0 Å². The first-order chi connectivity index (χ1) is 8.99. The molecule has 3 N–H and O–H groups in total. The number of rotatable bonds is 6. The van der Waals surface area contributed by atoms with Gasteiger partial charge in [0.15, 0.2) is 0 Å². The molecule has 1 rings (SSSR count). The lowest BCUT2D eigenvalue weighted by Gasteiger charge is -2.06. The predicted octanol–water partition coefficient (Wildman–Crippen LogP) is 0.180. The molecule has 0 bridgehead atoms. The zero-order chi connectivity index (χ0) is 14.3. The summed E-state index contributed by atoms with van der Waals surface area (Å²) >= 11 is 0. The van der Waals surface area contributed by atoms with E-state index < -0.39 is 5.97 Å². The Balaban J connectivity index is 2.42. The summed E-state index contributed by atoms with van der Waals surface area (Å²) in [5.41, 5.74) is 0.792. The van der Waals surface area contributed by atoms with Crippen molar-refractivity contribution in [2.45, 2.75) is 13.3 Å². The smallest absolute Gasteiger partial charge is 0.335 e. The van der Waals surface area contributed by atoms with E-state index in [1.807, 2.05) is 0 Å². The molecule has 0 saturated heterocycles. The molecule has 1 aromatic rings. The lowest BCUT2D eigenvalue weighted by atomic mass is 10.1. The molecule has 0 aliphatic heterocycles. The molecule has 0 radical (unpaired) electrons. The van der Waals surface area contributed by atoms with E-state index in [-0.39, 0.29) is 23.8 Å². The Morgan fingerprint density at radius 2 is 1.84 bits per heavy atom. The number of carbonyl (C=O) groups excluding carboxylic acids is 2. The van der Waals surface area contributed by atoms with Crippen LogP contribution in [0.15, 0.2) is 24.3 Å². The molecular formula is C13H16N2O4. The molecule has 0 aliphatic carbocycles. The third-order valence-electron chi connectivity index (χ3n) is 2.36. The summed E-state index contributed by atoms with van der Waals surface area (Å²) < 4.78 is 0. The molecule has 2 amide bonds. The second kappa shape index (κ2) is 7.15.